The van der Waals surface area contributed by atoms with E-state index in [0.29, 0.717) is 11.8 Å². The third kappa shape index (κ3) is 3.14. The van der Waals surface area contributed by atoms with Crippen molar-refractivity contribution < 1.29 is 33.3 Å². The highest BCUT2D eigenvalue weighted by Crippen LogP contribution is 2.64. The summed E-state index contributed by atoms with van der Waals surface area (Å²) in [6.07, 6.45) is 2.98. The van der Waals surface area contributed by atoms with Crippen molar-refractivity contribution in [3.05, 3.63) is 0 Å². The maximum atomic E-state index is 12.7. The summed E-state index contributed by atoms with van der Waals surface area (Å²) >= 11 is 0. The Morgan fingerprint density at radius 2 is 1.27 bits per heavy atom. The van der Waals surface area contributed by atoms with Gasteiger partial charge in [-0.3, -0.25) is 9.59 Å². The predicted octanol–water partition coefficient (Wildman–Crippen LogP) is 1.98. The van der Waals surface area contributed by atoms with Crippen molar-refractivity contribution in [1.29, 1.82) is 0 Å². The lowest BCUT2D eigenvalue weighted by molar-refractivity contribution is -0.176. The molecule has 0 aromatic rings. The summed E-state index contributed by atoms with van der Waals surface area (Å²) in [5.41, 5.74) is 0. The molecule has 2 aliphatic carbocycles. The summed E-state index contributed by atoms with van der Waals surface area (Å²) in [5, 5.41) is 0. The van der Waals surface area contributed by atoms with Crippen LogP contribution in [-0.2, 0) is 33.3 Å². The summed E-state index contributed by atoms with van der Waals surface area (Å²) in [4.78, 5) is 25.5. The highest BCUT2D eigenvalue weighted by Gasteiger charge is 2.68. The molecule has 1 saturated heterocycles. The lowest BCUT2D eigenvalue weighted by Gasteiger charge is -2.37. The van der Waals surface area contributed by atoms with E-state index in [9.17, 15) is 9.59 Å². The summed E-state index contributed by atoms with van der Waals surface area (Å²) in [6, 6.07) is 0. The Morgan fingerprint density at radius 1 is 0.846 bits per heavy atom. The molecule has 3 fully saturated rings. The van der Waals surface area contributed by atoms with Crippen LogP contribution < -0.4 is 0 Å². The van der Waals surface area contributed by atoms with Crippen LogP contribution in [0.3, 0.4) is 0 Å². The zero-order valence-corrected chi connectivity index (χ0v) is 16.0. The second-order valence-corrected chi connectivity index (χ2v) is 7.54. The molecule has 2 saturated carbocycles. The fourth-order valence-electron chi connectivity index (χ4n) is 5.76. The molecule has 0 aromatic heterocycles. The fourth-order valence-corrected chi connectivity index (χ4v) is 5.76. The second kappa shape index (κ2) is 8.23. The van der Waals surface area contributed by atoms with Crippen molar-refractivity contribution in [3.8, 4) is 0 Å². The second-order valence-electron chi connectivity index (χ2n) is 7.54. The lowest BCUT2D eigenvalue weighted by atomic mass is 9.65. The molecule has 0 amide bonds. The number of rotatable bonds is 8. The lowest BCUT2D eigenvalue weighted by Crippen LogP contribution is -2.45. The van der Waals surface area contributed by atoms with Crippen molar-refractivity contribution >= 4 is 11.9 Å². The molecule has 148 valence electrons. The average Bonchev–Trinajstić information content (AvgIpc) is 3.32. The molecule has 3 rings (SSSR count). The van der Waals surface area contributed by atoms with Gasteiger partial charge in [-0.05, 0) is 42.9 Å². The van der Waals surface area contributed by atoms with Crippen LogP contribution >= 0.6 is 0 Å². The molecule has 0 N–H and O–H groups in total. The van der Waals surface area contributed by atoms with Crippen LogP contribution in [0.5, 0.6) is 0 Å². The summed E-state index contributed by atoms with van der Waals surface area (Å²) < 4.78 is 26.5. The number of hydrogen-bond acceptors (Lipinski definition) is 7. The van der Waals surface area contributed by atoms with E-state index >= 15 is 0 Å². The summed E-state index contributed by atoms with van der Waals surface area (Å²) in [5.74, 6) is -0.920. The van der Waals surface area contributed by atoms with Crippen LogP contribution in [0.15, 0.2) is 0 Å². The Bertz CT molecular complexity index is 478. The molecule has 8 atom stereocenters. The summed E-state index contributed by atoms with van der Waals surface area (Å²) in [6.45, 7) is 4.03. The van der Waals surface area contributed by atoms with Gasteiger partial charge in [0.05, 0.1) is 24.0 Å². The molecule has 7 heteroatoms. The quantitative estimate of drug-likeness (QED) is 0.477. The van der Waals surface area contributed by atoms with Gasteiger partial charge in [-0.1, -0.05) is 13.8 Å². The number of esters is 2. The van der Waals surface area contributed by atoms with Gasteiger partial charge in [0, 0.05) is 14.2 Å². The van der Waals surface area contributed by atoms with Gasteiger partial charge in [-0.15, -0.1) is 0 Å². The largest absolute Gasteiger partial charge is 0.438 e. The Labute approximate surface area is 154 Å². The monoisotopic (exact) mass is 370 g/mol. The van der Waals surface area contributed by atoms with Crippen molar-refractivity contribution in [2.24, 2.45) is 35.5 Å². The number of methoxy groups -OCH3 is 2. The number of carbonyl (C=O) groups excluding carboxylic acids is 2. The molecule has 7 nitrogen and oxygen atoms in total. The number of fused-ring (bicyclic) bond motifs is 5. The fraction of sp³-hybridized carbons (Fsp3) is 0.895. The molecule has 1 heterocycles. The third-order valence-electron chi connectivity index (χ3n) is 6.48. The number of hydrogen-bond donors (Lipinski definition) is 0. The maximum Gasteiger partial charge on any atom is 0.312 e. The Morgan fingerprint density at radius 3 is 1.62 bits per heavy atom. The third-order valence-corrected chi connectivity index (χ3v) is 6.48. The van der Waals surface area contributed by atoms with E-state index in [-0.39, 0.29) is 49.6 Å². The first-order valence-corrected chi connectivity index (χ1v) is 9.55. The molecule has 2 bridgehead atoms. The maximum absolute atomic E-state index is 12.7. The average molecular weight is 370 g/mol. The SMILES string of the molecule is CCC1OC(CC)C2C3CC(C(C(=O)OCOC)C3C(=O)OCOC)C12. The van der Waals surface area contributed by atoms with Gasteiger partial charge in [0.2, 0.25) is 0 Å². The normalized spacial score (nSPS) is 40.5. The Balaban J connectivity index is 1.87. The molecule has 0 radical (unpaired) electrons. The molecule has 0 aromatic carbocycles. The molecule has 8 unspecified atom stereocenters. The van der Waals surface area contributed by atoms with Crippen LogP contribution in [-0.4, -0.2) is 52.0 Å². The van der Waals surface area contributed by atoms with Gasteiger partial charge in [-0.2, -0.15) is 0 Å². The van der Waals surface area contributed by atoms with E-state index in [2.05, 4.69) is 13.8 Å². The van der Waals surface area contributed by atoms with Gasteiger partial charge in [0.1, 0.15) is 0 Å². The highest BCUT2D eigenvalue weighted by molar-refractivity contribution is 5.84. The van der Waals surface area contributed by atoms with Crippen molar-refractivity contribution in [1.82, 2.24) is 0 Å². The van der Waals surface area contributed by atoms with Gasteiger partial charge in [0.15, 0.2) is 13.6 Å². The molecular formula is C19H30O7. The Kier molecular flexibility index (Phi) is 6.20. The van der Waals surface area contributed by atoms with Gasteiger partial charge in [0.25, 0.3) is 0 Å². The van der Waals surface area contributed by atoms with E-state index in [1.54, 1.807) is 0 Å². The first-order valence-electron chi connectivity index (χ1n) is 9.55. The molecule has 3 aliphatic rings. The van der Waals surface area contributed by atoms with Crippen LogP contribution in [0.2, 0.25) is 0 Å². The highest BCUT2D eigenvalue weighted by atomic mass is 16.7. The van der Waals surface area contributed by atoms with Crippen molar-refractivity contribution in [2.45, 2.75) is 45.3 Å². The van der Waals surface area contributed by atoms with E-state index in [0.717, 1.165) is 19.3 Å². The molecule has 1 aliphatic heterocycles. The zero-order chi connectivity index (χ0) is 18.8. The topological polar surface area (TPSA) is 80.3 Å². The first kappa shape index (κ1) is 19.6. The minimum Gasteiger partial charge on any atom is -0.438 e. The first-order chi connectivity index (χ1) is 12.6. The molecule has 26 heavy (non-hydrogen) atoms. The van der Waals surface area contributed by atoms with E-state index < -0.39 is 11.8 Å². The number of carbonyl (C=O) groups is 2. The predicted molar refractivity (Wildman–Crippen MR) is 90.7 cm³/mol. The minimum atomic E-state index is -0.492. The Hall–Kier alpha value is -1.18. The zero-order valence-electron chi connectivity index (χ0n) is 16.0. The van der Waals surface area contributed by atoms with Crippen molar-refractivity contribution in [3.63, 3.8) is 0 Å². The van der Waals surface area contributed by atoms with E-state index in [1.807, 2.05) is 0 Å². The van der Waals surface area contributed by atoms with Gasteiger partial charge < -0.3 is 23.7 Å². The van der Waals surface area contributed by atoms with Crippen LogP contribution in [0.25, 0.3) is 0 Å². The smallest absolute Gasteiger partial charge is 0.312 e. The van der Waals surface area contributed by atoms with Gasteiger partial charge in [-0.25, -0.2) is 0 Å². The molecule has 0 spiro atoms. The van der Waals surface area contributed by atoms with Crippen molar-refractivity contribution in [2.75, 3.05) is 27.8 Å². The standard InChI is InChI=1S/C19H30O7/c1-5-12-14-10-7-11(15(14)13(6-2)26-12)17(19(21)25-9-23-4)16(10)18(20)24-8-22-3/h10-17H,5-9H2,1-4H3. The molecular weight excluding hydrogens is 340 g/mol. The van der Waals surface area contributed by atoms with Crippen LogP contribution in [0, 0.1) is 35.5 Å². The minimum absolute atomic E-state index is 0.0935. The van der Waals surface area contributed by atoms with E-state index in [4.69, 9.17) is 23.7 Å². The van der Waals surface area contributed by atoms with Crippen LogP contribution in [0.1, 0.15) is 33.1 Å². The van der Waals surface area contributed by atoms with Gasteiger partial charge >= 0.3 is 11.9 Å². The van der Waals surface area contributed by atoms with E-state index in [1.165, 1.54) is 14.2 Å². The van der Waals surface area contributed by atoms with Crippen LogP contribution in [0.4, 0.5) is 0 Å². The summed E-state index contributed by atoms with van der Waals surface area (Å²) in [7, 11) is 2.94. The number of ether oxygens (including phenoxy) is 5.